The largest absolute Gasteiger partial charge is 0.322 e. The fourth-order valence-electron chi connectivity index (χ4n) is 2.85. The lowest BCUT2D eigenvalue weighted by Crippen LogP contribution is -2.35. The van der Waals surface area contributed by atoms with E-state index in [9.17, 15) is 9.59 Å². The predicted molar refractivity (Wildman–Crippen MR) is 124 cm³/mol. The van der Waals surface area contributed by atoms with Crippen molar-refractivity contribution in [3.05, 3.63) is 87.4 Å². The minimum atomic E-state index is -0.330. The Labute approximate surface area is 180 Å². The Bertz CT molecular complexity index is 1260. The number of thioether (sulfide) groups is 1. The Morgan fingerprint density at radius 2 is 1.79 bits per heavy atom. The number of rotatable bonds is 6. The lowest BCUT2D eigenvalue weighted by Gasteiger charge is -2.08. The molecular formula is C21H17N3O2S3. The molecule has 29 heavy (non-hydrogen) atoms. The Morgan fingerprint density at radius 3 is 2.52 bits per heavy atom. The number of amides is 1. The molecule has 0 saturated heterocycles. The van der Waals surface area contributed by atoms with Gasteiger partial charge in [-0.1, -0.05) is 60.7 Å². The molecule has 0 saturated carbocycles. The van der Waals surface area contributed by atoms with Gasteiger partial charge in [0.15, 0.2) is 0 Å². The molecule has 2 N–H and O–H groups in total. The van der Waals surface area contributed by atoms with Gasteiger partial charge in [0.2, 0.25) is 10.7 Å². The van der Waals surface area contributed by atoms with E-state index in [-0.39, 0.29) is 22.0 Å². The molecule has 0 aliphatic rings. The number of aromatic nitrogens is 2. The summed E-state index contributed by atoms with van der Waals surface area (Å²) in [6.07, 6.45) is 0. The molecule has 4 rings (SSSR count). The van der Waals surface area contributed by atoms with Gasteiger partial charge in [-0.25, -0.2) is 0 Å². The molecule has 2 aromatic heterocycles. The van der Waals surface area contributed by atoms with E-state index in [0.29, 0.717) is 10.2 Å². The first kappa shape index (κ1) is 19.6. The van der Waals surface area contributed by atoms with Gasteiger partial charge in [0.25, 0.3) is 5.56 Å². The molecule has 0 fully saturated rings. The minimum Gasteiger partial charge on any atom is -0.322 e. The molecule has 0 aliphatic heterocycles. The zero-order chi connectivity index (χ0) is 20.2. The number of nitrogens with one attached hydrogen (secondary N) is 2. The number of fused-ring (bicyclic) bond motifs is 1. The van der Waals surface area contributed by atoms with Crippen molar-refractivity contribution in [1.82, 2.24) is 9.66 Å². The van der Waals surface area contributed by atoms with Crippen LogP contribution in [0.2, 0.25) is 0 Å². The van der Waals surface area contributed by atoms with Crippen LogP contribution in [-0.4, -0.2) is 21.3 Å². The minimum absolute atomic E-state index is 0.172. The van der Waals surface area contributed by atoms with Crippen LogP contribution in [0.5, 0.6) is 0 Å². The van der Waals surface area contributed by atoms with Gasteiger partial charge in [0.05, 0.1) is 11.1 Å². The fraction of sp³-hybridized carbons (Fsp3) is 0.0952. The third-order valence-corrected chi connectivity index (χ3v) is 6.62. The maximum atomic E-state index is 12.9. The van der Waals surface area contributed by atoms with Gasteiger partial charge < -0.3 is 4.98 Å². The first-order valence-corrected chi connectivity index (χ1v) is 11.3. The molecule has 2 aromatic carbocycles. The molecule has 0 bridgehead atoms. The van der Waals surface area contributed by atoms with Crippen LogP contribution in [-0.2, 0) is 10.5 Å². The molecule has 146 valence electrons. The third-order valence-electron chi connectivity index (χ3n) is 4.23. The monoisotopic (exact) mass is 439 g/mol. The number of carbonyl (C=O) groups excluding carboxylic acids is 1. The Hall–Kier alpha value is -2.68. The molecule has 0 aliphatic carbocycles. The number of carbonyl (C=O) groups is 1. The van der Waals surface area contributed by atoms with Crippen molar-refractivity contribution in [1.29, 1.82) is 0 Å². The van der Waals surface area contributed by atoms with E-state index in [2.05, 4.69) is 10.4 Å². The van der Waals surface area contributed by atoms with Crippen LogP contribution in [0, 0.1) is 4.77 Å². The van der Waals surface area contributed by atoms with Crippen LogP contribution in [0.4, 0.5) is 0 Å². The first-order valence-electron chi connectivity index (χ1n) is 8.87. The van der Waals surface area contributed by atoms with Gasteiger partial charge in [-0.2, -0.15) is 4.68 Å². The highest BCUT2D eigenvalue weighted by atomic mass is 32.2. The van der Waals surface area contributed by atoms with E-state index in [1.807, 2.05) is 66.7 Å². The second-order valence-corrected chi connectivity index (χ2v) is 8.73. The van der Waals surface area contributed by atoms with Crippen LogP contribution >= 0.6 is 35.3 Å². The molecular weight excluding hydrogens is 422 g/mol. The van der Waals surface area contributed by atoms with Crippen molar-refractivity contribution in [2.24, 2.45) is 0 Å². The molecule has 1 amide bonds. The predicted octanol–water partition coefficient (Wildman–Crippen LogP) is 4.79. The van der Waals surface area contributed by atoms with Crippen molar-refractivity contribution in [2.75, 3.05) is 11.2 Å². The summed E-state index contributed by atoms with van der Waals surface area (Å²) in [4.78, 5) is 29.9. The highest BCUT2D eigenvalue weighted by molar-refractivity contribution is 7.99. The Balaban J connectivity index is 1.52. The Kier molecular flexibility index (Phi) is 5.94. The number of hydrogen-bond acceptors (Lipinski definition) is 5. The standard InChI is InChI=1S/C21H17N3O2S3/c25-18(13-28-12-14-7-3-1-4-8-14)23-24-20(26)16-11-17(15-9-5-2-6-10-15)29-19(16)22-21(24)27/h1-11H,12-13H2,(H,22,27)(H,23,25). The fourth-order valence-corrected chi connectivity index (χ4v) is 4.98. The number of thiophene rings is 1. The normalized spacial score (nSPS) is 10.9. The van der Waals surface area contributed by atoms with E-state index >= 15 is 0 Å². The summed E-state index contributed by atoms with van der Waals surface area (Å²) in [5.41, 5.74) is 4.46. The van der Waals surface area contributed by atoms with Crippen LogP contribution in [0.3, 0.4) is 0 Å². The summed E-state index contributed by atoms with van der Waals surface area (Å²) in [6, 6.07) is 21.6. The lowest BCUT2D eigenvalue weighted by molar-refractivity contribution is -0.114. The molecule has 5 nitrogen and oxygen atoms in total. The summed E-state index contributed by atoms with van der Waals surface area (Å²) >= 11 is 8.24. The van der Waals surface area contributed by atoms with Gasteiger partial charge in [0.1, 0.15) is 4.83 Å². The zero-order valence-electron chi connectivity index (χ0n) is 15.3. The van der Waals surface area contributed by atoms with E-state index < -0.39 is 0 Å². The van der Waals surface area contributed by atoms with Crippen LogP contribution < -0.4 is 11.0 Å². The van der Waals surface area contributed by atoms with Crippen LogP contribution in [0.25, 0.3) is 20.7 Å². The number of hydrogen-bond donors (Lipinski definition) is 2. The summed E-state index contributed by atoms with van der Waals surface area (Å²) in [5.74, 6) is 0.679. The third kappa shape index (κ3) is 4.50. The van der Waals surface area contributed by atoms with Gasteiger partial charge in [-0.15, -0.1) is 23.1 Å². The van der Waals surface area contributed by atoms with E-state index in [1.165, 1.54) is 23.1 Å². The number of aromatic amines is 1. The molecule has 0 radical (unpaired) electrons. The lowest BCUT2D eigenvalue weighted by atomic mass is 10.2. The first-order chi connectivity index (χ1) is 14.1. The molecule has 8 heteroatoms. The van der Waals surface area contributed by atoms with Crippen LogP contribution in [0.1, 0.15) is 5.56 Å². The summed E-state index contributed by atoms with van der Waals surface area (Å²) in [7, 11) is 0. The van der Waals surface area contributed by atoms with E-state index in [1.54, 1.807) is 0 Å². The summed E-state index contributed by atoms with van der Waals surface area (Å²) in [6.45, 7) is 0. The van der Waals surface area contributed by atoms with Crippen LogP contribution in [0.15, 0.2) is 71.5 Å². The maximum absolute atomic E-state index is 12.9. The highest BCUT2D eigenvalue weighted by Gasteiger charge is 2.13. The molecule has 2 heterocycles. The SMILES string of the molecule is O=C(CSCc1ccccc1)Nn1c(=S)[nH]c2sc(-c3ccccc3)cc2c1=O. The molecule has 0 spiro atoms. The quantitative estimate of drug-likeness (QED) is 0.424. The number of benzene rings is 2. The Morgan fingerprint density at radius 1 is 1.10 bits per heavy atom. The van der Waals surface area contributed by atoms with Gasteiger partial charge in [-0.05, 0) is 29.4 Å². The number of nitrogens with zero attached hydrogens (tertiary/aromatic N) is 1. The number of H-pyrrole nitrogens is 1. The van der Waals surface area contributed by atoms with Gasteiger partial charge >= 0.3 is 0 Å². The average Bonchev–Trinajstić information content (AvgIpc) is 3.17. The highest BCUT2D eigenvalue weighted by Crippen LogP contribution is 2.30. The van der Waals surface area contributed by atoms with E-state index in [0.717, 1.165) is 26.4 Å². The van der Waals surface area contributed by atoms with Gasteiger partial charge in [0, 0.05) is 10.6 Å². The van der Waals surface area contributed by atoms with Crippen molar-refractivity contribution >= 4 is 51.4 Å². The molecule has 0 unspecified atom stereocenters. The molecule has 0 atom stereocenters. The van der Waals surface area contributed by atoms with Crippen molar-refractivity contribution in [2.45, 2.75) is 5.75 Å². The zero-order valence-corrected chi connectivity index (χ0v) is 17.7. The molecule has 4 aromatic rings. The van der Waals surface area contributed by atoms with E-state index in [4.69, 9.17) is 12.2 Å². The van der Waals surface area contributed by atoms with Crippen molar-refractivity contribution in [3.63, 3.8) is 0 Å². The smallest absolute Gasteiger partial charge is 0.282 e. The summed E-state index contributed by atoms with van der Waals surface area (Å²) in [5, 5.41) is 0.500. The van der Waals surface area contributed by atoms with Crippen molar-refractivity contribution < 1.29 is 4.79 Å². The van der Waals surface area contributed by atoms with Crippen molar-refractivity contribution in [3.8, 4) is 10.4 Å². The maximum Gasteiger partial charge on any atom is 0.282 e. The second-order valence-electron chi connectivity index (χ2n) is 6.30. The summed E-state index contributed by atoms with van der Waals surface area (Å²) < 4.78 is 1.29. The topological polar surface area (TPSA) is 66.9 Å². The second kappa shape index (κ2) is 8.77. The average molecular weight is 440 g/mol. The van der Waals surface area contributed by atoms with Gasteiger partial charge in [-0.3, -0.25) is 15.0 Å².